The van der Waals surface area contributed by atoms with E-state index < -0.39 is 5.97 Å². The van der Waals surface area contributed by atoms with Gasteiger partial charge in [0.25, 0.3) is 0 Å². The summed E-state index contributed by atoms with van der Waals surface area (Å²) in [6.45, 7) is 0.489. The second-order valence-electron chi connectivity index (χ2n) is 4.34. The quantitative estimate of drug-likeness (QED) is 0.779. The maximum atomic E-state index is 11.6. The van der Waals surface area contributed by atoms with Gasteiger partial charge in [0.05, 0.1) is 6.61 Å². The smallest absolute Gasteiger partial charge is 0.358 e. The molecule has 0 aliphatic heterocycles. The fourth-order valence-corrected chi connectivity index (χ4v) is 2.15. The van der Waals surface area contributed by atoms with Gasteiger partial charge in [0, 0.05) is 0 Å². The van der Waals surface area contributed by atoms with Crippen LogP contribution < -0.4 is 0 Å². The Bertz CT molecular complexity index is 375. The van der Waals surface area contributed by atoms with Crippen molar-refractivity contribution < 1.29 is 9.53 Å². The van der Waals surface area contributed by atoms with E-state index in [9.17, 15) is 4.79 Å². The zero-order valence-electron chi connectivity index (χ0n) is 9.56. The molecule has 0 spiro atoms. The number of carbonyl (C=O) groups excluding carboxylic acids is 1. The fourth-order valence-electron chi connectivity index (χ4n) is 2.05. The van der Waals surface area contributed by atoms with Gasteiger partial charge in [-0.2, -0.15) is 0 Å². The number of esters is 1. The molecule has 0 amide bonds. The Morgan fingerprint density at radius 2 is 2.06 bits per heavy atom. The highest BCUT2D eigenvalue weighted by molar-refractivity contribution is 6.29. The van der Waals surface area contributed by atoms with Gasteiger partial charge in [-0.1, -0.05) is 30.9 Å². The molecule has 92 valence electrons. The van der Waals surface area contributed by atoms with Gasteiger partial charge in [-0.25, -0.2) is 4.79 Å². The minimum Gasteiger partial charge on any atom is -0.461 e. The minimum atomic E-state index is -0.417. The molecular formula is C12H15ClN2O2. The van der Waals surface area contributed by atoms with E-state index in [1.807, 2.05) is 0 Å². The molecule has 1 aliphatic carbocycles. The topological polar surface area (TPSA) is 52.1 Å². The molecule has 1 saturated carbocycles. The molecule has 0 aromatic carbocycles. The molecule has 1 aromatic rings. The Morgan fingerprint density at radius 1 is 1.29 bits per heavy atom. The van der Waals surface area contributed by atoms with Crippen molar-refractivity contribution in [2.24, 2.45) is 5.92 Å². The molecule has 0 atom stereocenters. The van der Waals surface area contributed by atoms with Crippen LogP contribution in [0.4, 0.5) is 0 Å². The predicted octanol–water partition coefficient (Wildman–Crippen LogP) is 2.87. The fraction of sp³-hybridized carbons (Fsp3) is 0.583. The van der Waals surface area contributed by atoms with Crippen LogP contribution in [0.5, 0.6) is 0 Å². The molecule has 0 bridgehead atoms. The molecule has 0 radical (unpaired) electrons. The second-order valence-corrected chi connectivity index (χ2v) is 4.73. The molecule has 1 aromatic heterocycles. The monoisotopic (exact) mass is 254 g/mol. The first-order valence-electron chi connectivity index (χ1n) is 5.92. The van der Waals surface area contributed by atoms with E-state index in [0.29, 0.717) is 12.5 Å². The average molecular weight is 255 g/mol. The van der Waals surface area contributed by atoms with Gasteiger partial charge in [-0.3, -0.25) is 0 Å². The van der Waals surface area contributed by atoms with Crippen LogP contribution in [0, 0.1) is 5.92 Å². The number of hydrogen-bond donors (Lipinski definition) is 0. The first-order valence-corrected chi connectivity index (χ1v) is 6.30. The van der Waals surface area contributed by atoms with Crippen LogP contribution in [0.2, 0.25) is 5.15 Å². The van der Waals surface area contributed by atoms with Crippen molar-refractivity contribution in [2.75, 3.05) is 6.61 Å². The van der Waals surface area contributed by atoms with Gasteiger partial charge in [0.1, 0.15) is 0 Å². The van der Waals surface area contributed by atoms with Crippen LogP contribution in [0.25, 0.3) is 0 Å². The summed E-state index contributed by atoms with van der Waals surface area (Å²) in [5.41, 5.74) is 0.213. The molecule has 0 saturated heterocycles. The van der Waals surface area contributed by atoms with Gasteiger partial charge < -0.3 is 4.74 Å². The molecule has 5 heteroatoms. The first-order chi connectivity index (χ1) is 8.25. The van der Waals surface area contributed by atoms with Gasteiger partial charge in [0.15, 0.2) is 10.8 Å². The lowest BCUT2D eigenvalue weighted by Gasteiger charge is -2.20. The van der Waals surface area contributed by atoms with Crippen LogP contribution >= 0.6 is 11.6 Å². The lowest BCUT2D eigenvalue weighted by Crippen LogP contribution is -2.17. The maximum Gasteiger partial charge on any atom is 0.358 e. The third-order valence-corrected chi connectivity index (χ3v) is 3.22. The van der Waals surface area contributed by atoms with Gasteiger partial charge in [-0.15, -0.1) is 10.2 Å². The van der Waals surface area contributed by atoms with Crippen LogP contribution in [0.3, 0.4) is 0 Å². The number of carbonyl (C=O) groups is 1. The van der Waals surface area contributed by atoms with Gasteiger partial charge >= 0.3 is 5.97 Å². The van der Waals surface area contributed by atoms with E-state index in [4.69, 9.17) is 16.3 Å². The van der Waals surface area contributed by atoms with E-state index >= 15 is 0 Å². The van der Waals surface area contributed by atoms with Crippen LogP contribution in [0.1, 0.15) is 42.6 Å². The second kappa shape index (κ2) is 5.96. The summed E-state index contributed by atoms with van der Waals surface area (Å²) in [6.07, 6.45) is 6.08. The van der Waals surface area contributed by atoms with Crippen molar-refractivity contribution in [3.63, 3.8) is 0 Å². The summed E-state index contributed by atoms with van der Waals surface area (Å²) in [4.78, 5) is 11.6. The number of nitrogens with zero attached hydrogens (tertiary/aromatic N) is 2. The zero-order chi connectivity index (χ0) is 12.1. The number of rotatable bonds is 3. The Kier molecular flexibility index (Phi) is 4.31. The van der Waals surface area contributed by atoms with Crippen molar-refractivity contribution in [1.29, 1.82) is 0 Å². The molecule has 1 aliphatic rings. The van der Waals surface area contributed by atoms with Crippen molar-refractivity contribution in [3.8, 4) is 0 Å². The highest BCUT2D eigenvalue weighted by Crippen LogP contribution is 2.23. The van der Waals surface area contributed by atoms with Crippen molar-refractivity contribution >= 4 is 17.6 Å². The Labute approximate surface area is 105 Å². The largest absolute Gasteiger partial charge is 0.461 e. The van der Waals surface area contributed by atoms with Crippen molar-refractivity contribution in [3.05, 3.63) is 23.0 Å². The number of hydrogen-bond acceptors (Lipinski definition) is 4. The summed E-state index contributed by atoms with van der Waals surface area (Å²) in [5, 5.41) is 7.57. The SMILES string of the molecule is O=C(OCC1CCCCC1)c1ccc(Cl)nn1. The Morgan fingerprint density at radius 3 is 2.71 bits per heavy atom. The van der Waals surface area contributed by atoms with Crippen LogP contribution in [0.15, 0.2) is 12.1 Å². The van der Waals surface area contributed by atoms with E-state index in [1.54, 1.807) is 0 Å². The van der Waals surface area contributed by atoms with Gasteiger partial charge in [0.2, 0.25) is 0 Å². The average Bonchev–Trinajstić information content (AvgIpc) is 2.38. The molecule has 1 heterocycles. The van der Waals surface area contributed by atoms with Crippen LogP contribution in [-0.2, 0) is 4.74 Å². The van der Waals surface area contributed by atoms with E-state index in [1.165, 1.54) is 31.4 Å². The summed E-state index contributed by atoms with van der Waals surface area (Å²) in [5.74, 6) is 0.0905. The van der Waals surface area contributed by atoms with Crippen LogP contribution in [-0.4, -0.2) is 22.8 Å². The molecule has 17 heavy (non-hydrogen) atoms. The Balaban J connectivity index is 1.82. The summed E-state index contributed by atoms with van der Waals surface area (Å²) in [6, 6.07) is 3.06. The highest BCUT2D eigenvalue weighted by Gasteiger charge is 2.17. The zero-order valence-corrected chi connectivity index (χ0v) is 10.3. The summed E-state index contributed by atoms with van der Waals surface area (Å²) >= 11 is 5.59. The summed E-state index contributed by atoms with van der Waals surface area (Å²) < 4.78 is 5.22. The summed E-state index contributed by atoms with van der Waals surface area (Å²) in [7, 11) is 0. The molecule has 1 fully saturated rings. The molecule has 2 rings (SSSR count). The maximum absolute atomic E-state index is 11.6. The van der Waals surface area contributed by atoms with E-state index in [0.717, 1.165) is 12.8 Å². The first kappa shape index (κ1) is 12.3. The highest BCUT2D eigenvalue weighted by atomic mass is 35.5. The van der Waals surface area contributed by atoms with Crippen molar-refractivity contribution in [1.82, 2.24) is 10.2 Å². The third kappa shape index (κ3) is 3.66. The standard InChI is InChI=1S/C12H15ClN2O2/c13-11-7-6-10(14-15-11)12(16)17-8-9-4-2-1-3-5-9/h6-7,9H,1-5,8H2. The number of halogens is 1. The molecule has 4 nitrogen and oxygen atoms in total. The molecule has 0 N–H and O–H groups in total. The van der Waals surface area contributed by atoms with Gasteiger partial charge in [-0.05, 0) is 30.9 Å². The molecular weight excluding hydrogens is 240 g/mol. The lowest BCUT2D eigenvalue weighted by molar-refractivity contribution is 0.0402. The number of aromatic nitrogens is 2. The third-order valence-electron chi connectivity index (χ3n) is 3.02. The predicted molar refractivity (Wildman–Crippen MR) is 63.9 cm³/mol. The normalized spacial score (nSPS) is 16.8. The Hall–Kier alpha value is -1.16. The van der Waals surface area contributed by atoms with E-state index in [2.05, 4.69) is 10.2 Å². The molecule has 0 unspecified atom stereocenters. The number of ether oxygens (including phenoxy) is 1. The minimum absolute atomic E-state index is 0.213. The van der Waals surface area contributed by atoms with E-state index in [-0.39, 0.29) is 10.8 Å². The van der Waals surface area contributed by atoms with Crippen molar-refractivity contribution in [2.45, 2.75) is 32.1 Å². The lowest BCUT2D eigenvalue weighted by atomic mass is 9.90.